The molecule has 0 bridgehead atoms. The number of rotatable bonds is 7. The molecule has 0 radical (unpaired) electrons. The van der Waals surface area contributed by atoms with Crippen molar-refractivity contribution in [3.8, 4) is 41.2 Å². The number of amides is 1. The Hall–Kier alpha value is -4.83. The number of hydrogen-bond donors (Lipinski definition) is 3. The van der Waals surface area contributed by atoms with Crippen LogP contribution in [0.4, 0.5) is 19.0 Å². The number of benzene rings is 2. The molecular formula is C32H29F3N6O4. The quantitative estimate of drug-likeness (QED) is 0.263. The number of nitrogens with zero attached hydrogens (tertiary/aromatic N) is 4. The number of phenols is 1. The molecule has 45 heavy (non-hydrogen) atoms. The summed E-state index contributed by atoms with van der Waals surface area (Å²) in [7, 11) is 1.33. The van der Waals surface area contributed by atoms with Crippen LogP contribution in [0.3, 0.4) is 0 Å². The number of methoxy groups -OCH3 is 1. The minimum atomic E-state index is -0.977. The van der Waals surface area contributed by atoms with Crippen LogP contribution in [-0.2, 0) is 4.79 Å². The third-order valence-corrected chi connectivity index (χ3v) is 8.97. The van der Waals surface area contributed by atoms with E-state index in [0.29, 0.717) is 31.3 Å². The largest absolute Gasteiger partial charge is 0.508 e. The molecule has 1 amide bonds. The predicted molar refractivity (Wildman–Crippen MR) is 160 cm³/mol. The van der Waals surface area contributed by atoms with E-state index < -0.39 is 29.4 Å². The van der Waals surface area contributed by atoms with Gasteiger partial charge in [0.2, 0.25) is 11.8 Å². The number of anilines is 1. The third-order valence-electron chi connectivity index (χ3n) is 8.97. The first kappa shape index (κ1) is 28.9. The molecule has 0 aliphatic carbocycles. The van der Waals surface area contributed by atoms with Gasteiger partial charge in [0.25, 0.3) is 0 Å². The molecule has 5 heterocycles. The highest BCUT2D eigenvalue weighted by atomic mass is 19.1. The zero-order valence-corrected chi connectivity index (χ0v) is 24.3. The minimum absolute atomic E-state index is 0.0151. The number of ether oxygens (including phenoxy) is 2. The predicted octanol–water partition coefficient (Wildman–Crippen LogP) is 4.07. The van der Waals surface area contributed by atoms with Crippen LogP contribution >= 0.6 is 0 Å². The summed E-state index contributed by atoms with van der Waals surface area (Å²) in [4.78, 5) is 27.9. The number of carbonyl (C=O) groups is 1. The molecule has 3 saturated heterocycles. The van der Waals surface area contributed by atoms with E-state index in [1.54, 1.807) is 0 Å². The maximum Gasteiger partial charge on any atom is 0.319 e. The summed E-state index contributed by atoms with van der Waals surface area (Å²) < 4.78 is 57.7. The number of halogens is 3. The molecule has 0 spiro atoms. The lowest BCUT2D eigenvalue weighted by atomic mass is 9.95. The van der Waals surface area contributed by atoms with E-state index in [9.17, 15) is 18.7 Å². The van der Waals surface area contributed by atoms with Gasteiger partial charge in [-0.25, -0.2) is 18.2 Å². The lowest BCUT2D eigenvalue weighted by Gasteiger charge is -2.30. The maximum atomic E-state index is 16.8. The molecule has 0 saturated carbocycles. The molecule has 4 aromatic rings. The number of nitrogens with one attached hydrogen (secondary N) is 2. The van der Waals surface area contributed by atoms with Crippen molar-refractivity contribution >= 4 is 33.4 Å². The van der Waals surface area contributed by atoms with E-state index in [1.165, 1.54) is 31.4 Å². The van der Waals surface area contributed by atoms with Crippen molar-refractivity contribution in [2.24, 2.45) is 0 Å². The van der Waals surface area contributed by atoms with Crippen molar-refractivity contribution in [1.82, 2.24) is 25.2 Å². The van der Waals surface area contributed by atoms with Gasteiger partial charge in [-0.15, -0.1) is 6.42 Å². The fourth-order valence-corrected chi connectivity index (χ4v) is 6.91. The van der Waals surface area contributed by atoms with Crippen LogP contribution in [-0.4, -0.2) is 82.0 Å². The van der Waals surface area contributed by atoms with Gasteiger partial charge in [-0.2, -0.15) is 9.97 Å². The number of aromatic hydroxyl groups is 1. The van der Waals surface area contributed by atoms with Gasteiger partial charge >= 0.3 is 6.01 Å². The van der Waals surface area contributed by atoms with E-state index in [2.05, 4.69) is 36.4 Å². The molecule has 3 fully saturated rings. The number of fused-ring (bicyclic) bond motifs is 3. The summed E-state index contributed by atoms with van der Waals surface area (Å²) in [6, 6.07) is 4.34. The first-order valence-electron chi connectivity index (χ1n) is 14.6. The SMILES string of the molecule is C#Cc1c(F)ccc2cc(O)cc(-c3nc(OC)c4c(NC5CCNC5=O)nc(OC[C@@]56CCCN5C[C@H](F)C6)nc4c3F)c12. The fraction of sp³-hybridized carbons (Fsp3) is 0.375. The van der Waals surface area contributed by atoms with Crippen molar-refractivity contribution in [3.05, 3.63) is 41.5 Å². The Morgan fingerprint density at radius 2 is 2.09 bits per heavy atom. The highest BCUT2D eigenvalue weighted by Crippen LogP contribution is 2.43. The average molecular weight is 619 g/mol. The van der Waals surface area contributed by atoms with Crippen molar-refractivity contribution in [2.45, 2.75) is 43.4 Å². The molecular weight excluding hydrogens is 589 g/mol. The summed E-state index contributed by atoms with van der Waals surface area (Å²) in [6.07, 6.45) is 7.07. The maximum absolute atomic E-state index is 16.8. The minimum Gasteiger partial charge on any atom is -0.508 e. The van der Waals surface area contributed by atoms with E-state index in [-0.39, 0.29) is 69.1 Å². The molecule has 3 N–H and O–H groups in total. The van der Waals surface area contributed by atoms with E-state index in [1.807, 2.05) is 0 Å². The molecule has 13 heteroatoms. The average Bonchev–Trinajstić information content (AvgIpc) is 3.69. The summed E-state index contributed by atoms with van der Waals surface area (Å²) in [6.45, 7) is 1.61. The van der Waals surface area contributed by atoms with Gasteiger partial charge in [-0.05, 0) is 49.4 Å². The van der Waals surface area contributed by atoms with E-state index in [4.69, 9.17) is 15.9 Å². The number of alkyl halides is 1. The lowest BCUT2D eigenvalue weighted by molar-refractivity contribution is -0.119. The van der Waals surface area contributed by atoms with Crippen molar-refractivity contribution in [3.63, 3.8) is 0 Å². The third kappa shape index (κ3) is 4.80. The first-order valence-corrected chi connectivity index (χ1v) is 14.6. The summed E-state index contributed by atoms with van der Waals surface area (Å²) >= 11 is 0. The molecule has 3 atom stereocenters. The van der Waals surface area contributed by atoms with Gasteiger partial charge in [0.1, 0.15) is 52.8 Å². The standard InChI is InChI=1S/C32H29F3N6O4/c1-3-19-21(34)6-5-16-11-18(42)12-20(23(16)19)26-25(35)27-24(30(38-26)44-2)28(37-22-7-9-36-29(22)43)40-31(39-27)45-15-32-8-4-10-41(32)14-17(33)13-32/h1,5-6,11-12,17,22,42H,4,7-10,13-15H2,2H3,(H,36,43)(H,37,39,40)/t17-,22?,32+/m1/s1. The van der Waals surface area contributed by atoms with Crippen molar-refractivity contribution in [1.29, 1.82) is 0 Å². The highest BCUT2D eigenvalue weighted by molar-refractivity contribution is 6.04. The second-order valence-corrected chi connectivity index (χ2v) is 11.7. The molecule has 232 valence electrons. The van der Waals surface area contributed by atoms with Gasteiger partial charge in [0.05, 0.1) is 18.2 Å². The summed E-state index contributed by atoms with van der Waals surface area (Å²) in [5.41, 5.74) is -1.21. The lowest BCUT2D eigenvalue weighted by Crippen LogP contribution is -2.43. The number of hydrogen-bond acceptors (Lipinski definition) is 9. The monoisotopic (exact) mass is 618 g/mol. The Balaban J connectivity index is 1.42. The Morgan fingerprint density at radius 3 is 2.84 bits per heavy atom. The van der Waals surface area contributed by atoms with Gasteiger partial charge in [-0.3, -0.25) is 9.69 Å². The van der Waals surface area contributed by atoms with Gasteiger partial charge < -0.3 is 25.2 Å². The Kier molecular flexibility index (Phi) is 7.04. The van der Waals surface area contributed by atoms with E-state index >= 15 is 4.39 Å². The summed E-state index contributed by atoms with van der Waals surface area (Å²) in [5.74, 6) is 0.145. The summed E-state index contributed by atoms with van der Waals surface area (Å²) in [5, 5.41) is 16.9. The molecule has 3 aliphatic heterocycles. The smallest absolute Gasteiger partial charge is 0.319 e. The number of carbonyl (C=O) groups excluding carboxylic acids is 1. The number of terminal acetylenes is 1. The Morgan fingerprint density at radius 1 is 1.24 bits per heavy atom. The van der Waals surface area contributed by atoms with Gasteiger partial charge in [-0.1, -0.05) is 12.0 Å². The van der Waals surface area contributed by atoms with Crippen LogP contribution in [0, 0.1) is 24.0 Å². The molecule has 1 unspecified atom stereocenters. The van der Waals surface area contributed by atoms with Crippen molar-refractivity contribution in [2.75, 3.05) is 38.7 Å². The Labute approximate surface area is 256 Å². The topological polar surface area (TPSA) is 122 Å². The fourth-order valence-electron chi connectivity index (χ4n) is 6.91. The van der Waals surface area contributed by atoms with Crippen LogP contribution in [0.1, 0.15) is 31.2 Å². The molecule has 3 aliphatic rings. The molecule has 2 aromatic carbocycles. The number of pyridine rings is 1. The second kappa shape index (κ2) is 11.0. The normalized spacial score (nSPS) is 22.9. The van der Waals surface area contributed by atoms with Crippen LogP contribution in [0.5, 0.6) is 17.6 Å². The van der Waals surface area contributed by atoms with E-state index in [0.717, 1.165) is 19.4 Å². The molecule has 7 rings (SSSR count). The molecule has 10 nitrogen and oxygen atoms in total. The number of aromatic nitrogens is 3. The van der Waals surface area contributed by atoms with Gasteiger partial charge in [0.15, 0.2) is 5.82 Å². The van der Waals surface area contributed by atoms with Crippen LogP contribution in [0.2, 0.25) is 0 Å². The van der Waals surface area contributed by atoms with Crippen LogP contribution < -0.4 is 20.1 Å². The van der Waals surface area contributed by atoms with Crippen molar-refractivity contribution < 1.29 is 32.5 Å². The first-order chi connectivity index (χ1) is 21.7. The number of phenolic OH excluding ortho intramolecular Hbond substituents is 1. The van der Waals surface area contributed by atoms with Crippen LogP contribution in [0.15, 0.2) is 24.3 Å². The Bertz CT molecular complexity index is 1920. The van der Waals surface area contributed by atoms with Gasteiger partial charge in [0, 0.05) is 30.5 Å². The highest BCUT2D eigenvalue weighted by Gasteiger charge is 2.49. The molecule has 2 aromatic heterocycles. The zero-order chi connectivity index (χ0) is 31.5. The zero-order valence-electron chi connectivity index (χ0n) is 24.3. The second-order valence-electron chi connectivity index (χ2n) is 11.7. The van der Waals surface area contributed by atoms with Crippen LogP contribution in [0.25, 0.3) is 32.9 Å².